The van der Waals surface area contributed by atoms with Crippen molar-refractivity contribution < 1.29 is 9.53 Å². The van der Waals surface area contributed by atoms with Gasteiger partial charge in [0.05, 0.1) is 12.2 Å². The summed E-state index contributed by atoms with van der Waals surface area (Å²) in [6, 6.07) is 5.55. The van der Waals surface area contributed by atoms with Gasteiger partial charge in [-0.05, 0) is 31.0 Å². The number of rotatable bonds is 1. The molecular weight excluding hydrogens is 216 g/mol. The van der Waals surface area contributed by atoms with E-state index in [1.807, 2.05) is 24.0 Å². The molecule has 2 N–H and O–H groups in total. The van der Waals surface area contributed by atoms with E-state index >= 15 is 0 Å². The van der Waals surface area contributed by atoms with E-state index in [-0.39, 0.29) is 5.91 Å². The Labute approximate surface area is 101 Å². The van der Waals surface area contributed by atoms with Gasteiger partial charge in [-0.3, -0.25) is 4.79 Å². The van der Waals surface area contributed by atoms with Crippen molar-refractivity contribution in [1.29, 1.82) is 0 Å². The molecule has 2 rings (SSSR count). The summed E-state index contributed by atoms with van der Waals surface area (Å²) < 4.78 is 5.33. The number of hydrogen-bond acceptors (Lipinski definition) is 3. The minimum atomic E-state index is 0.00741. The molecule has 0 aromatic heterocycles. The Kier molecular flexibility index (Phi) is 3.64. The number of nitrogen functional groups attached to an aromatic ring is 1. The lowest BCUT2D eigenvalue weighted by atomic mass is 10.1. The van der Waals surface area contributed by atoms with Crippen molar-refractivity contribution in [2.75, 3.05) is 32.0 Å². The SMILES string of the molecule is Cc1ccc(C(=O)N2CCCOCC2)c(N)c1. The van der Waals surface area contributed by atoms with E-state index in [2.05, 4.69) is 0 Å². The standard InChI is InChI=1S/C13H18N2O2/c1-10-3-4-11(12(14)9-10)13(16)15-5-2-7-17-8-6-15/h3-4,9H,2,5-8,14H2,1H3. The zero-order chi connectivity index (χ0) is 12.3. The van der Waals surface area contributed by atoms with E-state index in [0.29, 0.717) is 24.4 Å². The van der Waals surface area contributed by atoms with Crippen LogP contribution >= 0.6 is 0 Å². The molecule has 1 saturated heterocycles. The summed E-state index contributed by atoms with van der Waals surface area (Å²) in [4.78, 5) is 14.1. The first-order chi connectivity index (χ1) is 8.18. The molecule has 1 aromatic rings. The number of aryl methyl sites for hydroxylation is 1. The van der Waals surface area contributed by atoms with E-state index in [9.17, 15) is 4.79 Å². The summed E-state index contributed by atoms with van der Waals surface area (Å²) >= 11 is 0. The number of nitrogens with zero attached hydrogens (tertiary/aromatic N) is 1. The molecule has 0 spiro atoms. The third-order valence-corrected chi connectivity index (χ3v) is 2.95. The molecule has 1 aromatic carbocycles. The van der Waals surface area contributed by atoms with Crippen LogP contribution in [0.15, 0.2) is 18.2 Å². The Morgan fingerprint density at radius 1 is 1.35 bits per heavy atom. The number of carbonyl (C=O) groups is 1. The highest BCUT2D eigenvalue weighted by atomic mass is 16.5. The molecule has 0 atom stereocenters. The molecule has 4 nitrogen and oxygen atoms in total. The molecule has 1 aliphatic rings. The minimum absolute atomic E-state index is 0.00741. The number of hydrogen-bond donors (Lipinski definition) is 1. The van der Waals surface area contributed by atoms with Crippen LogP contribution in [0.5, 0.6) is 0 Å². The lowest BCUT2D eigenvalue weighted by Gasteiger charge is -2.20. The van der Waals surface area contributed by atoms with Crippen molar-refractivity contribution in [2.24, 2.45) is 0 Å². The third kappa shape index (κ3) is 2.77. The molecule has 0 aliphatic carbocycles. The maximum Gasteiger partial charge on any atom is 0.256 e. The summed E-state index contributed by atoms with van der Waals surface area (Å²) in [5, 5.41) is 0. The molecular formula is C13H18N2O2. The van der Waals surface area contributed by atoms with Crippen molar-refractivity contribution in [3.05, 3.63) is 29.3 Å². The second-order valence-corrected chi connectivity index (χ2v) is 4.35. The Balaban J connectivity index is 2.17. The van der Waals surface area contributed by atoms with Crippen LogP contribution in [0.1, 0.15) is 22.3 Å². The molecule has 1 aliphatic heterocycles. The summed E-state index contributed by atoms with van der Waals surface area (Å²) in [5.74, 6) is 0.00741. The van der Waals surface area contributed by atoms with Gasteiger partial charge in [-0.15, -0.1) is 0 Å². The minimum Gasteiger partial charge on any atom is -0.398 e. The highest BCUT2D eigenvalue weighted by Crippen LogP contribution is 2.16. The molecule has 1 amide bonds. The molecule has 92 valence electrons. The van der Waals surface area contributed by atoms with Gasteiger partial charge in [0.25, 0.3) is 5.91 Å². The highest BCUT2D eigenvalue weighted by Gasteiger charge is 2.19. The molecule has 1 heterocycles. The molecule has 0 bridgehead atoms. The molecule has 1 fully saturated rings. The number of amides is 1. The van der Waals surface area contributed by atoms with Crippen LogP contribution in [0, 0.1) is 6.92 Å². The Hall–Kier alpha value is -1.55. The van der Waals surface area contributed by atoms with Gasteiger partial charge < -0.3 is 15.4 Å². The topological polar surface area (TPSA) is 55.6 Å². The fourth-order valence-electron chi connectivity index (χ4n) is 2.00. The van der Waals surface area contributed by atoms with Crippen LogP contribution < -0.4 is 5.73 Å². The zero-order valence-electron chi connectivity index (χ0n) is 10.1. The molecule has 0 radical (unpaired) electrons. The van der Waals surface area contributed by atoms with Crippen molar-refractivity contribution in [3.8, 4) is 0 Å². The van der Waals surface area contributed by atoms with Crippen LogP contribution in [-0.4, -0.2) is 37.1 Å². The van der Waals surface area contributed by atoms with Gasteiger partial charge in [0.2, 0.25) is 0 Å². The predicted molar refractivity (Wildman–Crippen MR) is 66.9 cm³/mol. The first-order valence-electron chi connectivity index (χ1n) is 5.91. The summed E-state index contributed by atoms with van der Waals surface area (Å²) in [5.41, 5.74) is 8.11. The second kappa shape index (κ2) is 5.19. The average molecular weight is 234 g/mol. The summed E-state index contributed by atoms with van der Waals surface area (Å²) in [7, 11) is 0. The lowest BCUT2D eigenvalue weighted by Crippen LogP contribution is -2.33. The van der Waals surface area contributed by atoms with Gasteiger partial charge >= 0.3 is 0 Å². The van der Waals surface area contributed by atoms with Crippen LogP contribution in [-0.2, 0) is 4.74 Å². The molecule has 0 saturated carbocycles. The van der Waals surface area contributed by atoms with Gasteiger partial charge in [-0.2, -0.15) is 0 Å². The molecule has 4 heteroatoms. The van der Waals surface area contributed by atoms with Crippen molar-refractivity contribution in [1.82, 2.24) is 4.90 Å². The van der Waals surface area contributed by atoms with Gasteiger partial charge in [-0.1, -0.05) is 6.07 Å². The number of nitrogens with two attached hydrogens (primary N) is 1. The van der Waals surface area contributed by atoms with Gasteiger partial charge in [0.1, 0.15) is 0 Å². The van der Waals surface area contributed by atoms with Gasteiger partial charge in [0, 0.05) is 25.4 Å². The average Bonchev–Trinajstić information content (AvgIpc) is 2.56. The third-order valence-electron chi connectivity index (χ3n) is 2.95. The van der Waals surface area contributed by atoms with E-state index in [0.717, 1.165) is 25.1 Å². The second-order valence-electron chi connectivity index (χ2n) is 4.35. The van der Waals surface area contributed by atoms with E-state index in [1.165, 1.54) is 0 Å². The Morgan fingerprint density at radius 3 is 2.94 bits per heavy atom. The van der Waals surface area contributed by atoms with Crippen LogP contribution in [0.4, 0.5) is 5.69 Å². The van der Waals surface area contributed by atoms with E-state index in [4.69, 9.17) is 10.5 Å². The molecule has 0 unspecified atom stereocenters. The van der Waals surface area contributed by atoms with Crippen LogP contribution in [0.2, 0.25) is 0 Å². The van der Waals surface area contributed by atoms with E-state index in [1.54, 1.807) is 6.07 Å². The maximum absolute atomic E-state index is 12.3. The van der Waals surface area contributed by atoms with Crippen molar-refractivity contribution >= 4 is 11.6 Å². The van der Waals surface area contributed by atoms with Crippen LogP contribution in [0.3, 0.4) is 0 Å². The fraction of sp³-hybridized carbons (Fsp3) is 0.462. The van der Waals surface area contributed by atoms with Gasteiger partial charge in [-0.25, -0.2) is 0 Å². The zero-order valence-corrected chi connectivity index (χ0v) is 10.1. The Morgan fingerprint density at radius 2 is 2.18 bits per heavy atom. The normalized spacial score (nSPS) is 16.6. The van der Waals surface area contributed by atoms with E-state index < -0.39 is 0 Å². The predicted octanol–water partition coefficient (Wildman–Crippen LogP) is 1.44. The first kappa shape index (κ1) is 11.9. The van der Waals surface area contributed by atoms with Crippen molar-refractivity contribution in [3.63, 3.8) is 0 Å². The number of carbonyl (C=O) groups excluding carboxylic acids is 1. The smallest absolute Gasteiger partial charge is 0.256 e. The quantitative estimate of drug-likeness (QED) is 0.748. The van der Waals surface area contributed by atoms with Gasteiger partial charge in [0.15, 0.2) is 0 Å². The van der Waals surface area contributed by atoms with Crippen molar-refractivity contribution in [2.45, 2.75) is 13.3 Å². The fourth-order valence-corrected chi connectivity index (χ4v) is 2.00. The Bertz CT molecular complexity index is 410. The largest absolute Gasteiger partial charge is 0.398 e. The summed E-state index contributed by atoms with van der Waals surface area (Å²) in [6.07, 6.45) is 0.886. The number of anilines is 1. The number of ether oxygens (including phenoxy) is 1. The van der Waals surface area contributed by atoms with Crippen LogP contribution in [0.25, 0.3) is 0 Å². The highest BCUT2D eigenvalue weighted by molar-refractivity contribution is 5.99. The number of benzene rings is 1. The lowest BCUT2D eigenvalue weighted by molar-refractivity contribution is 0.0742. The maximum atomic E-state index is 12.3. The first-order valence-corrected chi connectivity index (χ1v) is 5.91. The summed E-state index contributed by atoms with van der Waals surface area (Å²) in [6.45, 7) is 4.69. The monoisotopic (exact) mass is 234 g/mol. The molecule has 17 heavy (non-hydrogen) atoms.